The molecule has 5 aliphatic rings. The van der Waals surface area contributed by atoms with Crippen LogP contribution in [-0.2, 0) is 19.1 Å². The van der Waals surface area contributed by atoms with Gasteiger partial charge >= 0.3 is 5.97 Å². The van der Waals surface area contributed by atoms with Gasteiger partial charge in [0.1, 0.15) is 11.7 Å². The summed E-state index contributed by atoms with van der Waals surface area (Å²) in [6.45, 7) is 16.3. The van der Waals surface area contributed by atoms with E-state index in [4.69, 9.17) is 9.47 Å². The summed E-state index contributed by atoms with van der Waals surface area (Å²) in [6.07, 6.45) is 13.1. The number of allylic oxidation sites excluding steroid dienone is 2. The van der Waals surface area contributed by atoms with E-state index in [0.717, 1.165) is 56.9 Å². The molecule has 38 heavy (non-hydrogen) atoms. The number of amides is 1. The molecule has 1 aliphatic heterocycles. The molecule has 0 saturated heterocycles. The molecule has 5 nitrogen and oxygen atoms in total. The van der Waals surface area contributed by atoms with Crippen LogP contribution >= 0.6 is 0 Å². The van der Waals surface area contributed by atoms with E-state index in [1.807, 2.05) is 6.92 Å². The number of nitrogens with one attached hydrogen (secondary N) is 1. The first-order valence-corrected chi connectivity index (χ1v) is 15.4. The lowest BCUT2D eigenvalue weighted by atomic mass is 9.47. The first-order valence-electron chi connectivity index (χ1n) is 15.4. The predicted octanol–water partition coefficient (Wildman–Crippen LogP) is 7.11. The quantitative estimate of drug-likeness (QED) is 0.284. The number of fused-ring (bicyclic) bond motifs is 7. The van der Waals surface area contributed by atoms with E-state index >= 15 is 0 Å². The second kappa shape index (κ2) is 10.0. The molecular formula is C33H51NO4. The van der Waals surface area contributed by atoms with Gasteiger partial charge in [-0.3, -0.25) is 9.59 Å². The van der Waals surface area contributed by atoms with Gasteiger partial charge in [0.05, 0.1) is 5.76 Å². The van der Waals surface area contributed by atoms with Gasteiger partial charge < -0.3 is 14.8 Å². The topological polar surface area (TPSA) is 64.6 Å². The van der Waals surface area contributed by atoms with Gasteiger partial charge in [0, 0.05) is 38.6 Å². The molecule has 1 amide bonds. The molecule has 0 unspecified atom stereocenters. The highest BCUT2D eigenvalue weighted by molar-refractivity contribution is 5.72. The summed E-state index contributed by atoms with van der Waals surface area (Å²) < 4.78 is 12.7. The van der Waals surface area contributed by atoms with Crippen LogP contribution in [0.2, 0.25) is 0 Å². The average Bonchev–Trinajstić information content (AvgIpc) is 3.27. The molecule has 0 spiro atoms. The molecule has 3 fully saturated rings. The molecule has 5 rings (SSSR count). The van der Waals surface area contributed by atoms with Crippen molar-refractivity contribution in [1.82, 2.24) is 5.32 Å². The number of esters is 1. The SMILES string of the molecule is CCC(=O)O[C@H]1CC[C@@]2(C)C(=CC[C@H]3[C@H]4C[C@@]5(C)OC(CC[C@@H](C)CNC(C)=O)=C(C)[C@@H]5[C@@]4(C)CC[C@H]32)C1. The van der Waals surface area contributed by atoms with Crippen LogP contribution in [0.25, 0.3) is 0 Å². The summed E-state index contributed by atoms with van der Waals surface area (Å²) in [5.41, 5.74) is 3.51. The van der Waals surface area contributed by atoms with Crippen molar-refractivity contribution in [3.05, 3.63) is 23.0 Å². The highest BCUT2D eigenvalue weighted by atomic mass is 16.5. The molecule has 0 aromatic heterocycles. The Morgan fingerprint density at radius 3 is 2.66 bits per heavy atom. The lowest BCUT2D eigenvalue weighted by Gasteiger charge is -2.58. The fourth-order valence-corrected chi connectivity index (χ4v) is 9.96. The standard InChI is InChI=1S/C33H51NO4/c1-8-29(36)37-24-13-15-31(5)23(17-24)10-11-25-26(31)14-16-32(6)27(25)18-33(7)30(32)21(3)28(38-33)12-9-20(2)19-34-22(4)35/h10,20,24-27,30H,8-9,11-19H2,1-7H3,(H,34,35)/t20-,24+,25-,26-,27-,30-,31+,32+,33-/m1/s1. The number of ether oxygens (including phenoxy) is 2. The van der Waals surface area contributed by atoms with Crippen LogP contribution in [0.1, 0.15) is 113 Å². The summed E-state index contributed by atoms with van der Waals surface area (Å²) in [5.74, 6) is 4.30. The maximum Gasteiger partial charge on any atom is 0.305 e. The van der Waals surface area contributed by atoms with E-state index in [2.05, 4.69) is 46.0 Å². The summed E-state index contributed by atoms with van der Waals surface area (Å²) in [6, 6.07) is 0. The van der Waals surface area contributed by atoms with Crippen molar-refractivity contribution >= 4 is 11.9 Å². The van der Waals surface area contributed by atoms with Gasteiger partial charge in [-0.2, -0.15) is 0 Å². The lowest BCUT2D eigenvalue weighted by Crippen LogP contribution is -2.50. The molecule has 1 N–H and O–H groups in total. The van der Waals surface area contributed by atoms with Gasteiger partial charge in [-0.1, -0.05) is 39.3 Å². The van der Waals surface area contributed by atoms with Crippen molar-refractivity contribution < 1.29 is 19.1 Å². The summed E-state index contributed by atoms with van der Waals surface area (Å²) in [4.78, 5) is 23.2. The van der Waals surface area contributed by atoms with Gasteiger partial charge in [0.2, 0.25) is 5.91 Å². The maximum absolute atomic E-state index is 11.9. The van der Waals surface area contributed by atoms with Crippen molar-refractivity contribution in [2.24, 2.45) is 40.4 Å². The Morgan fingerprint density at radius 2 is 1.95 bits per heavy atom. The zero-order valence-corrected chi connectivity index (χ0v) is 25.0. The highest BCUT2D eigenvalue weighted by Crippen LogP contribution is 2.71. The largest absolute Gasteiger partial charge is 0.491 e. The maximum atomic E-state index is 11.9. The Labute approximate surface area is 230 Å². The van der Waals surface area contributed by atoms with E-state index in [9.17, 15) is 9.59 Å². The summed E-state index contributed by atoms with van der Waals surface area (Å²) >= 11 is 0. The lowest BCUT2D eigenvalue weighted by molar-refractivity contribution is -0.151. The van der Waals surface area contributed by atoms with Gasteiger partial charge in [0.15, 0.2) is 0 Å². The Balaban J connectivity index is 1.31. The third-order valence-electron chi connectivity index (χ3n) is 11.8. The molecule has 212 valence electrons. The van der Waals surface area contributed by atoms with Gasteiger partial charge in [-0.05, 0) is 98.9 Å². The van der Waals surface area contributed by atoms with Crippen LogP contribution in [0.3, 0.4) is 0 Å². The highest BCUT2D eigenvalue weighted by Gasteiger charge is 2.67. The molecule has 5 heteroatoms. The number of carbonyl (C=O) groups is 2. The Hall–Kier alpha value is -1.78. The third kappa shape index (κ3) is 4.54. The van der Waals surface area contributed by atoms with E-state index in [-0.39, 0.29) is 29.0 Å². The number of hydrogen-bond acceptors (Lipinski definition) is 4. The van der Waals surface area contributed by atoms with Crippen molar-refractivity contribution in [3.63, 3.8) is 0 Å². The Morgan fingerprint density at radius 1 is 1.18 bits per heavy atom. The van der Waals surface area contributed by atoms with Crippen LogP contribution in [0.15, 0.2) is 23.0 Å². The van der Waals surface area contributed by atoms with Crippen molar-refractivity contribution in [2.75, 3.05) is 6.54 Å². The number of rotatable bonds is 7. The molecule has 0 aromatic carbocycles. The molecule has 0 aromatic rings. The van der Waals surface area contributed by atoms with Crippen molar-refractivity contribution in [1.29, 1.82) is 0 Å². The van der Waals surface area contributed by atoms with E-state index in [0.29, 0.717) is 29.6 Å². The molecule has 9 atom stereocenters. The summed E-state index contributed by atoms with van der Waals surface area (Å²) in [5, 5.41) is 2.96. The van der Waals surface area contributed by atoms with Crippen LogP contribution in [-0.4, -0.2) is 30.1 Å². The number of carbonyl (C=O) groups excluding carboxylic acids is 2. The molecule has 3 saturated carbocycles. The van der Waals surface area contributed by atoms with Gasteiger partial charge in [0.25, 0.3) is 0 Å². The molecule has 0 radical (unpaired) electrons. The second-order valence-corrected chi connectivity index (χ2v) is 14.3. The van der Waals surface area contributed by atoms with Gasteiger partial charge in [-0.15, -0.1) is 0 Å². The van der Waals surface area contributed by atoms with Crippen LogP contribution in [0.4, 0.5) is 0 Å². The van der Waals surface area contributed by atoms with Crippen molar-refractivity contribution in [3.8, 4) is 0 Å². The zero-order valence-electron chi connectivity index (χ0n) is 25.0. The van der Waals surface area contributed by atoms with E-state index in [1.165, 1.54) is 30.6 Å². The predicted molar refractivity (Wildman–Crippen MR) is 150 cm³/mol. The first kappa shape index (κ1) is 27.8. The fourth-order valence-electron chi connectivity index (χ4n) is 9.96. The van der Waals surface area contributed by atoms with Crippen LogP contribution in [0, 0.1) is 40.4 Å². The molecule has 4 aliphatic carbocycles. The van der Waals surface area contributed by atoms with E-state index in [1.54, 1.807) is 12.5 Å². The minimum Gasteiger partial charge on any atom is -0.491 e. The summed E-state index contributed by atoms with van der Waals surface area (Å²) in [7, 11) is 0. The minimum absolute atomic E-state index is 0.0486. The third-order valence-corrected chi connectivity index (χ3v) is 11.8. The van der Waals surface area contributed by atoms with Crippen LogP contribution < -0.4 is 5.32 Å². The monoisotopic (exact) mass is 525 g/mol. The normalized spacial score (nSPS) is 42.2. The van der Waals surface area contributed by atoms with Crippen molar-refractivity contribution in [2.45, 2.75) is 124 Å². The molecule has 1 heterocycles. The first-order chi connectivity index (χ1) is 17.9. The fraction of sp³-hybridized carbons (Fsp3) is 0.818. The molecule has 0 bridgehead atoms. The van der Waals surface area contributed by atoms with Crippen LogP contribution in [0.5, 0.6) is 0 Å². The second-order valence-electron chi connectivity index (χ2n) is 14.3. The Kier molecular flexibility index (Phi) is 7.31. The zero-order chi connectivity index (χ0) is 27.5. The smallest absolute Gasteiger partial charge is 0.305 e. The van der Waals surface area contributed by atoms with E-state index < -0.39 is 0 Å². The van der Waals surface area contributed by atoms with Gasteiger partial charge in [-0.25, -0.2) is 0 Å². The molecular weight excluding hydrogens is 474 g/mol. The number of hydrogen-bond donors (Lipinski definition) is 1. The average molecular weight is 526 g/mol. The Bertz CT molecular complexity index is 1030. The minimum atomic E-state index is -0.0918.